The number of aromatic nitrogens is 2. The van der Waals surface area contributed by atoms with Gasteiger partial charge < -0.3 is 19.1 Å². The zero-order chi connectivity index (χ0) is 19.1. The normalized spacial score (nSPS) is 14.1. The summed E-state index contributed by atoms with van der Waals surface area (Å²) in [5, 5.41) is 0. The quantitative estimate of drug-likeness (QED) is 0.545. The molecule has 9 nitrogen and oxygen atoms in total. The van der Waals surface area contributed by atoms with E-state index in [-0.39, 0.29) is 19.9 Å². The number of aromatic amines is 1. The van der Waals surface area contributed by atoms with E-state index in [4.69, 9.17) is 14.2 Å². The first-order chi connectivity index (χ1) is 13.1. The Labute approximate surface area is 155 Å². The summed E-state index contributed by atoms with van der Waals surface area (Å²) in [7, 11) is 0. The zero-order valence-corrected chi connectivity index (χ0v) is 14.8. The van der Waals surface area contributed by atoms with Crippen molar-refractivity contribution in [1.29, 1.82) is 0 Å². The van der Waals surface area contributed by atoms with E-state index >= 15 is 0 Å². The second-order valence-corrected chi connectivity index (χ2v) is 5.86. The predicted octanol–water partition coefficient (Wildman–Crippen LogP) is 0.204. The van der Waals surface area contributed by atoms with Crippen molar-refractivity contribution in [3.8, 4) is 0 Å². The molecule has 0 atom stereocenters. The van der Waals surface area contributed by atoms with Crippen LogP contribution >= 0.6 is 0 Å². The Kier molecular flexibility index (Phi) is 6.39. The molecule has 0 aliphatic carbocycles. The molecule has 2 aromatic rings. The van der Waals surface area contributed by atoms with Crippen LogP contribution in [0.2, 0.25) is 0 Å². The van der Waals surface area contributed by atoms with Crippen molar-refractivity contribution >= 4 is 11.8 Å². The smallest absolute Gasteiger partial charge is 0.338 e. The van der Waals surface area contributed by atoms with Gasteiger partial charge in [-0.1, -0.05) is 18.2 Å². The lowest BCUT2D eigenvalue weighted by Crippen LogP contribution is -2.42. The molecule has 9 heteroatoms. The molecule has 27 heavy (non-hydrogen) atoms. The first-order valence-corrected chi connectivity index (χ1v) is 8.62. The summed E-state index contributed by atoms with van der Waals surface area (Å²) in [6.45, 7) is 2.32. The predicted molar refractivity (Wildman–Crippen MR) is 97.0 cm³/mol. The number of nitrogens with zero attached hydrogens (tertiary/aromatic N) is 2. The van der Waals surface area contributed by atoms with Gasteiger partial charge in [-0.25, -0.2) is 9.59 Å². The van der Waals surface area contributed by atoms with Gasteiger partial charge in [0, 0.05) is 19.2 Å². The fraction of sp³-hybridized carbons (Fsp3) is 0.389. The Morgan fingerprint density at radius 2 is 1.85 bits per heavy atom. The highest BCUT2D eigenvalue weighted by Gasteiger charge is 2.17. The molecule has 1 N–H and O–H groups in total. The number of esters is 1. The highest BCUT2D eigenvalue weighted by atomic mass is 16.6. The molecule has 0 unspecified atom stereocenters. The number of nitrogens with one attached hydrogen (secondary N) is 1. The van der Waals surface area contributed by atoms with Gasteiger partial charge in [0.1, 0.15) is 19.2 Å². The molecule has 3 rings (SSSR count). The lowest BCUT2D eigenvalue weighted by atomic mass is 10.2. The van der Waals surface area contributed by atoms with E-state index < -0.39 is 17.2 Å². The Balaban J connectivity index is 1.55. The topological polar surface area (TPSA) is 103 Å². The average molecular weight is 375 g/mol. The number of carbonyl (C=O) groups is 1. The fourth-order valence-corrected chi connectivity index (χ4v) is 2.69. The van der Waals surface area contributed by atoms with Crippen molar-refractivity contribution in [3.63, 3.8) is 0 Å². The molecule has 1 fully saturated rings. The molecule has 1 aromatic carbocycles. The summed E-state index contributed by atoms with van der Waals surface area (Å²) in [6.07, 6.45) is 0. The largest absolute Gasteiger partial charge is 0.460 e. The average Bonchev–Trinajstić information content (AvgIpc) is 2.70. The van der Waals surface area contributed by atoms with Crippen LogP contribution in [0.15, 0.2) is 46.0 Å². The number of benzene rings is 1. The molecule has 0 amide bonds. The molecular weight excluding hydrogens is 354 g/mol. The van der Waals surface area contributed by atoms with Gasteiger partial charge in [0.15, 0.2) is 0 Å². The van der Waals surface area contributed by atoms with E-state index in [0.29, 0.717) is 37.7 Å². The van der Waals surface area contributed by atoms with Gasteiger partial charge in [-0.3, -0.25) is 14.3 Å². The minimum atomic E-state index is -0.551. The SMILES string of the molecule is O=C(OCCOCn1c(N2CCOCC2)cc(=O)[nH]c1=O)c1ccccc1. The highest BCUT2D eigenvalue weighted by molar-refractivity contribution is 5.89. The first-order valence-electron chi connectivity index (χ1n) is 8.62. The van der Waals surface area contributed by atoms with Crippen LogP contribution in [0.1, 0.15) is 10.4 Å². The Bertz CT molecular complexity index is 871. The van der Waals surface area contributed by atoms with Crippen LogP contribution in [0.4, 0.5) is 5.82 Å². The molecule has 0 saturated carbocycles. The molecule has 1 aromatic heterocycles. The summed E-state index contributed by atoms with van der Waals surface area (Å²) in [5.74, 6) is 0.0442. The van der Waals surface area contributed by atoms with Crippen LogP contribution in [0.5, 0.6) is 0 Å². The van der Waals surface area contributed by atoms with Gasteiger partial charge >= 0.3 is 11.7 Å². The van der Waals surface area contributed by atoms with Gasteiger partial charge in [-0.2, -0.15) is 0 Å². The number of rotatable bonds is 7. The van der Waals surface area contributed by atoms with Crippen molar-refractivity contribution in [2.75, 3.05) is 44.4 Å². The molecule has 1 aliphatic rings. The third-order valence-corrected chi connectivity index (χ3v) is 4.04. The summed E-state index contributed by atoms with van der Waals surface area (Å²) >= 11 is 0. The number of carbonyl (C=O) groups excluding carboxylic acids is 1. The zero-order valence-electron chi connectivity index (χ0n) is 14.8. The second kappa shape index (κ2) is 9.15. The number of ether oxygens (including phenoxy) is 3. The van der Waals surface area contributed by atoms with Crippen molar-refractivity contribution in [1.82, 2.24) is 9.55 Å². The van der Waals surface area contributed by atoms with Crippen molar-refractivity contribution in [3.05, 3.63) is 62.8 Å². The summed E-state index contributed by atoms with van der Waals surface area (Å²) in [5.41, 5.74) is -0.552. The standard InChI is InChI=1S/C18H21N3O6/c22-15-12-16(20-6-8-25-9-7-20)21(18(24)19-15)13-26-10-11-27-17(23)14-4-2-1-3-5-14/h1-5,12H,6-11,13H2,(H,19,22,24). The van der Waals surface area contributed by atoms with Gasteiger partial charge in [-0.15, -0.1) is 0 Å². The van der Waals surface area contributed by atoms with Gasteiger partial charge in [0.05, 0.1) is 25.4 Å². The third-order valence-electron chi connectivity index (χ3n) is 4.04. The monoisotopic (exact) mass is 375 g/mol. The molecule has 1 saturated heterocycles. The Morgan fingerprint density at radius 3 is 2.59 bits per heavy atom. The number of hydrogen-bond acceptors (Lipinski definition) is 7. The summed E-state index contributed by atoms with van der Waals surface area (Å²) in [4.78, 5) is 39.8. The van der Waals surface area contributed by atoms with Crippen molar-refractivity contribution in [2.24, 2.45) is 0 Å². The van der Waals surface area contributed by atoms with Crippen LogP contribution in [0.3, 0.4) is 0 Å². The van der Waals surface area contributed by atoms with E-state index in [2.05, 4.69) is 4.98 Å². The van der Waals surface area contributed by atoms with Crippen LogP contribution < -0.4 is 16.1 Å². The highest BCUT2D eigenvalue weighted by Crippen LogP contribution is 2.12. The minimum absolute atomic E-state index is 0.0543. The molecule has 1 aliphatic heterocycles. The summed E-state index contributed by atoms with van der Waals surface area (Å²) in [6, 6.07) is 10.0. The van der Waals surface area contributed by atoms with E-state index in [9.17, 15) is 14.4 Å². The maximum Gasteiger partial charge on any atom is 0.338 e. The van der Waals surface area contributed by atoms with Crippen LogP contribution in [-0.2, 0) is 20.9 Å². The number of morpholine rings is 1. The molecule has 0 radical (unpaired) electrons. The minimum Gasteiger partial charge on any atom is -0.460 e. The molecule has 2 heterocycles. The molecule has 144 valence electrons. The molecule has 0 bridgehead atoms. The Hall–Kier alpha value is -2.91. The number of anilines is 1. The van der Waals surface area contributed by atoms with Gasteiger partial charge in [0.2, 0.25) is 0 Å². The van der Waals surface area contributed by atoms with Gasteiger partial charge in [0.25, 0.3) is 5.56 Å². The van der Waals surface area contributed by atoms with E-state index in [1.165, 1.54) is 10.6 Å². The van der Waals surface area contributed by atoms with Crippen molar-refractivity contribution < 1.29 is 19.0 Å². The van der Waals surface area contributed by atoms with E-state index in [1.807, 2.05) is 11.0 Å². The fourth-order valence-electron chi connectivity index (χ4n) is 2.69. The maximum absolute atomic E-state index is 12.1. The lowest BCUT2D eigenvalue weighted by Gasteiger charge is -2.30. The Morgan fingerprint density at radius 1 is 1.11 bits per heavy atom. The lowest BCUT2D eigenvalue weighted by molar-refractivity contribution is 0.0164. The van der Waals surface area contributed by atoms with Crippen LogP contribution in [0, 0.1) is 0 Å². The maximum atomic E-state index is 12.1. The summed E-state index contributed by atoms with van der Waals surface area (Å²) < 4.78 is 17.2. The molecular formula is C18H21N3O6. The number of H-pyrrole nitrogens is 1. The van der Waals surface area contributed by atoms with Crippen LogP contribution in [-0.4, -0.2) is 55.0 Å². The van der Waals surface area contributed by atoms with Gasteiger partial charge in [-0.05, 0) is 12.1 Å². The van der Waals surface area contributed by atoms with Crippen LogP contribution in [0.25, 0.3) is 0 Å². The number of hydrogen-bond donors (Lipinski definition) is 1. The van der Waals surface area contributed by atoms with Crippen molar-refractivity contribution in [2.45, 2.75) is 6.73 Å². The molecule has 0 spiro atoms. The second-order valence-electron chi connectivity index (χ2n) is 5.86. The van der Waals surface area contributed by atoms with E-state index in [0.717, 1.165) is 0 Å². The first kappa shape index (κ1) is 18.9. The third kappa shape index (κ3) is 5.05. The van der Waals surface area contributed by atoms with E-state index in [1.54, 1.807) is 24.3 Å².